The molecule has 0 aliphatic carbocycles. The predicted molar refractivity (Wildman–Crippen MR) is 204 cm³/mol. The predicted octanol–water partition coefficient (Wildman–Crippen LogP) is 11.0. The molecule has 5 heteroatoms. The molecule has 0 aliphatic rings. The van der Waals surface area contributed by atoms with Gasteiger partial charge in [0.1, 0.15) is 11.5 Å². The van der Waals surface area contributed by atoms with Crippen LogP contribution in [0.5, 0.6) is 0 Å². The third-order valence-electron chi connectivity index (χ3n) is 9.55. The van der Waals surface area contributed by atoms with Crippen LogP contribution in [0.1, 0.15) is 0 Å². The number of benzene rings is 6. The Hall–Kier alpha value is -6.85. The van der Waals surface area contributed by atoms with E-state index in [9.17, 15) is 0 Å². The van der Waals surface area contributed by atoms with Crippen LogP contribution in [0, 0.1) is 0 Å². The van der Waals surface area contributed by atoms with E-state index in [1.54, 1.807) is 0 Å². The van der Waals surface area contributed by atoms with Crippen LogP contribution in [0.25, 0.3) is 89.1 Å². The van der Waals surface area contributed by atoms with Gasteiger partial charge < -0.3 is 4.40 Å². The Kier molecular flexibility index (Phi) is 6.42. The van der Waals surface area contributed by atoms with Gasteiger partial charge in [-0.25, -0.2) is 15.0 Å². The van der Waals surface area contributed by atoms with Crippen LogP contribution in [-0.2, 0) is 0 Å². The minimum Gasteiger partial charge on any atom is -0.306 e. The second-order valence-corrected chi connectivity index (χ2v) is 12.6. The van der Waals surface area contributed by atoms with Crippen LogP contribution in [0.3, 0.4) is 0 Å². The lowest BCUT2D eigenvalue weighted by Gasteiger charge is -2.13. The number of pyridine rings is 2. The van der Waals surface area contributed by atoms with Crippen molar-refractivity contribution < 1.29 is 0 Å². The largest absolute Gasteiger partial charge is 0.306 e. The molecule has 0 fully saturated rings. The van der Waals surface area contributed by atoms with Crippen molar-refractivity contribution in [1.82, 2.24) is 23.9 Å². The van der Waals surface area contributed by atoms with Crippen molar-refractivity contribution in [3.63, 3.8) is 0 Å². The molecule has 5 nitrogen and oxygen atoms in total. The molecule has 0 bridgehead atoms. The summed E-state index contributed by atoms with van der Waals surface area (Å²) in [7, 11) is 0. The molecule has 0 amide bonds. The number of hydrogen-bond donors (Lipinski definition) is 0. The van der Waals surface area contributed by atoms with Gasteiger partial charge in [0.05, 0.1) is 27.9 Å². The maximum atomic E-state index is 5.22. The first-order chi connectivity index (χ1) is 24.8. The summed E-state index contributed by atoms with van der Waals surface area (Å²) >= 11 is 0. The van der Waals surface area contributed by atoms with Crippen molar-refractivity contribution in [3.8, 4) is 50.7 Å². The third kappa shape index (κ3) is 4.60. The van der Waals surface area contributed by atoms with E-state index < -0.39 is 0 Å². The fourth-order valence-corrected chi connectivity index (χ4v) is 7.16. The normalized spacial score (nSPS) is 11.6. The number of fused-ring (bicyclic) bond motifs is 6. The van der Waals surface area contributed by atoms with Crippen molar-refractivity contribution in [2.24, 2.45) is 0 Å². The summed E-state index contributed by atoms with van der Waals surface area (Å²) < 4.78 is 4.39. The van der Waals surface area contributed by atoms with Crippen molar-refractivity contribution in [1.29, 1.82) is 0 Å². The zero-order chi connectivity index (χ0) is 33.0. The monoisotopic (exact) mass is 639 g/mol. The minimum absolute atomic E-state index is 0.927. The maximum Gasteiger partial charge on any atom is 0.146 e. The highest BCUT2D eigenvalue weighted by atomic mass is 15.1. The van der Waals surface area contributed by atoms with Gasteiger partial charge in [-0.15, -0.1) is 0 Å². The highest BCUT2D eigenvalue weighted by Crippen LogP contribution is 2.37. The molecule has 0 saturated heterocycles. The Morgan fingerprint density at radius 3 is 1.94 bits per heavy atom. The first-order valence-corrected chi connectivity index (χ1v) is 16.8. The molecule has 4 aromatic heterocycles. The lowest BCUT2D eigenvalue weighted by Crippen LogP contribution is -1.98. The van der Waals surface area contributed by atoms with Gasteiger partial charge in [-0.2, -0.15) is 0 Å². The summed E-state index contributed by atoms with van der Waals surface area (Å²) in [6, 6.07) is 57.1. The van der Waals surface area contributed by atoms with Gasteiger partial charge in [0.25, 0.3) is 0 Å². The Labute approximate surface area is 288 Å². The van der Waals surface area contributed by atoms with Crippen molar-refractivity contribution in [2.45, 2.75) is 0 Å². The highest BCUT2D eigenvalue weighted by Gasteiger charge is 2.17. The molecule has 0 aliphatic heterocycles. The summed E-state index contributed by atoms with van der Waals surface area (Å²) in [6.45, 7) is 0. The molecule has 0 saturated carbocycles. The Morgan fingerprint density at radius 1 is 0.440 bits per heavy atom. The molecule has 0 spiro atoms. The summed E-state index contributed by atoms with van der Waals surface area (Å²) in [5.74, 6) is 0.927. The van der Waals surface area contributed by atoms with Crippen LogP contribution in [-0.4, -0.2) is 23.9 Å². The zero-order valence-corrected chi connectivity index (χ0v) is 27.0. The van der Waals surface area contributed by atoms with Gasteiger partial charge in [0.2, 0.25) is 0 Å². The van der Waals surface area contributed by atoms with E-state index in [1.165, 1.54) is 0 Å². The number of para-hydroxylation sites is 3. The molecule has 0 radical (unpaired) electrons. The van der Waals surface area contributed by atoms with Crippen LogP contribution in [0.15, 0.2) is 176 Å². The van der Waals surface area contributed by atoms with Gasteiger partial charge in [-0.3, -0.25) is 4.57 Å². The van der Waals surface area contributed by atoms with E-state index in [0.29, 0.717) is 0 Å². The second-order valence-electron chi connectivity index (χ2n) is 12.6. The smallest absolute Gasteiger partial charge is 0.146 e. The number of rotatable bonds is 5. The molecule has 10 rings (SSSR count). The lowest BCUT2D eigenvalue weighted by atomic mass is 9.98. The number of hydrogen-bond acceptors (Lipinski definition) is 3. The first kappa shape index (κ1) is 28.2. The lowest BCUT2D eigenvalue weighted by molar-refractivity contribution is 1.10. The van der Waals surface area contributed by atoms with Crippen molar-refractivity contribution in [2.75, 3.05) is 0 Å². The van der Waals surface area contributed by atoms with Crippen LogP contribution in [0.4, 0.5) is 0 Å². The Morgan fingerprint density at radius 2 is 1.12 bits per heavy atom. The van der Waals surface area contributed by atoms with E-state index >= 15 is 0 Å². The van der Waals surface area contributed by atoms with E-state index in [-0.39, 0.29) is 0 Å². The van der Waals surface area contributed by atoms with Crippen LogP contribution in [0.2, 0.25) is 0 Å². The summed E-state index contributed by atoms with van der Waals surface area (Å²) in [5, 5.41) is 3.28. The van der Waals surface area contributed by atoms with E-state index in [2.05, 4.69) is 167 Å². The highest BCUT2D eigenvalue weighted by molar-refractivity contribution is 6.16. The fourth-order valence-electron chi connectivity index (χ4n) is 7.16. The van der Waals surface area contributed by atoms with Crippen molar-refractivity contribution in [3.05, 3.63) is 176 Å². The van der Waals surface area contributed by atoms with Gasteiger partial charge >= 0.3 is 0 Å². The summed E-state index contributed by atoms with van der Waals surface area (Å²) in [5.41, 5.74) is 12.4. The number of imidazole rings is 2. The van der Waals surface area contributed by atoms with E-state index in [1.807, 2.05) is 18.2 Å². The zero-order valence-electron chi connectivity index (χ0n) is 27.0. The number of nitrogens with zero attached hydrogens (tertiary/aromatic N) is 5. The first-order valence-electron chi connectivity index (χ1n) is 16.8. The average molecular weight is 640 g/mol. The second kappa shape index (κ2) is 11.4. The maximum absolute atomic E-state index is 5.22. The average Bonchev–Trinajstić information content (AvgIpc) is 3.81. The summed E-state index contributed by atoms with van der Waals surface area (Å²) in [4.78, 5) is 15.4. The molecule has 0 N–H and O–H groups in total. The minimum atomic E-state index is 0.927. The topological polar surface area (TPSA) is 48.0 Å². The SMILES string of the molecule is c1ccc(-c2cn3ccc4c(-c5ccc(-c6cccc(-n7c(-c8ccccc8)nc8ccccc87)c6)cc5)nc5ccccc5c4c3n2)cc1. The molecular formula is C45H29N5. The molecule has 50 heavy (non-hydrogen) atoms. The van der Waals surface area contributed by atoms with E-state index in [4.69, 9.17) is 15.0 Å². The van der Waals surface area contributed by atoms with E-state index in [0.717, 1.165) is 89.1 Å². The molecule has 6 aromatic carbocycles. The Balaban J connectivity index is 1.08. The molecular weight excluding hydrogens is 611 g/mol. The molecule has 0 atom stereocenters. The van der Waals surface area contributed by atoms with Gasteiger partial charge in [-0.05, 0) is 47.5 Å². The van der Waals surface area contributed by atoms with Gasteiger partial charge in [0.15, 0.2) is 0 Å². The van der Waals surface area contributed by atoms with Crippen LogP contribution < -0.4 is 0 Å². The van der Waals surface area contributed by atoms with Gasteiger partial charge in [0, 0.05) is 50.9 Å². The Bertz CT molecular complexity index is 2850. The molecule has 4 heterocycles. The molecule has 10 aromatic rings. The molecule has 234 valence electrons. The standard InChI is InChI=1S/C45H29N5/c1-3-12-31(13-4-1)40-29-49-27-26-37-42(45(49)48-40)36-18-7-8-19-38(36)46-43(37)32-24-22-30(23-25-32)34-16-11-17-35(28-34)50-41-21-10-9-20-39(41)47-44(50)33-14-5-2-6-15-33/h1-29H. The van der Waals surface area contributed by atoms with Gasteiger partial charge in [-0.1, -0.05) is 127 Å². The van der Waals surface area contributed by atoms with Crippen LogP contribution >= 0.6 is 0 Å². The quantitative estimate of drug-likeness (QED) is 0.176. The molecule has 0 unspecified atom stereocenters. The fraction of sp³-hybridized carbons (Fsp3) is 0. The number of aromatic nitrogens is 5. The summed E-state index contributed by atoms with van der Waals surface area (Å²) in [6.07, 6.45) is 4.21. The van der Waals surface area contributed by atoms with Crippen molar-refractivity contribution >= 4 is 38.4 Å². The third-order valence-corrected chi connectivity index (χ3v) is 9.55.